The molecular formula is C73H120O6. The molecule has 0 spiro atoms. The molecule has 0 aliphatic rings. The fourth-order valence-electron chi connectivity index (χ4n) is 8.84. The molecule has 0 aromatic carbocycles. The van der Waals surface area contributed by atoms with Gasteiger partial charge in [0.05, 0.1) is 0 Å². The fraction of sp³-hybridized carbons (Fsp3) is 0.658. The van der Waals surface area contributed by atoms with Crippen molar-refractivity contribution in [1.29, 1.82) is 0 Å². The fourth-order valence-corrected chi connectivity index (χ4v) is 8.84. The van der Waals surface area contributed by atoms with Crippen molar-refractivity contribution >= 4 is 17.9 Å². The van der Waals surface area contributed by atoms with E-state index in [0.29, 0.717) is 19.3 Å². The molecule has 0 radical (unpaired) electrons. The highest BCUT2D eigenvalue weighted by Crippen LogP contribution is 2.16. The number of hydrogen-bond donors (Lipinski definition) is 0. The van der Waals surface area contributed by atoms with Gasteiger partial charge in [-0.2, -0.15) is 0 Å². The summed E-state index contributed by atoms with van der Waals surface area (Å²) < 4.78 is 16.9. The predicted octanol–water partition coefficient (Wildman–Crippen LogP) is 22.5. The zero-order chi connectivity index (χ0) is 57.1. The minimum absolute atomic E-state index is 0.101. The number of unbranched alkanes of at least 4 members (excludes halogenated alkanes) is 25. The molecule has 0 amide bonds. The van der Waals surface area contributed by atoms with Crippen molar-refractivity contribution in [3.05, 3.63) is 134 Å². The Morgan fingerprint density at radius 3 is 0.810 bits per heavy atom. The summed E-state index contributed by atoms with van der Waals surface area (Å²) in [5.74, 6) is -0.957. The third-order valence-corrected chi connectivity index (χ3v) is 13.7. The molecule has 0 fully saturated rings. The van der Waals surface area contributed by atoms with Crippen LogP contribution in [0.5, 0.6) is 0 Å². The monoisotopic (exact) mass is 1090 g/mol. The molecule has 0 aliphatic carbocycles. The van der Waals surface area contributed by atoms with Crippen LogP contribution in [0.3, 0.4) is 0 Å². The van der Waals surface area contributed by atoms with Crippen molar-refractivity contribution in [2.45, 2.75) is 297 Å². The normalized spacial score (nSPS) is 13.0. The standard InChI is InChI=1S/C73H120O6/c1-4-7-10-13-16-19-22-25-27-29-30-31-32-33-34-35-36-37-38-39-40-41-42-44-45-48-51-54-57-60-63-66-72(75)78-69-70(68-77-71(74)65-62-59-56-53-50-47-24-21-18-15-12-9-6-3)79-73(76)67-64-61-58-55-52-49-46-43-28-26-23-20-17-14-11-8-5-2/h7-8,10-11,16-17,19-20,25-28,30-31,33-34,36-37,46,49,55,58,70H,4-6,9,12-15,18,21-24,29,32,35,38-45,47-48,50-54,56-57,59-69H2,1-3H3/b10-7-,11-8-,19-16-,20-17-,27-25-,28-26-,31-30-,34-33-,37-36-,49-46-,58-55-. The van der Waals surface area contributed by atoms with Gasteiger partial charge in [0.15, 0.2) is 6.10 Å². The summed E-state index contributed by atoms with van der Waals surface area (Å²) in [6, 6.07) is 0. The average Bonchev–Trinajstić information content (AvgIpc) is 3.45. The van der Waals surface area contributed by atoms with E-state index in [2.05, 4.69) is 154 Å². The lowest BCUT2D eigenvalue weighted by atomic mass is 10.0. The second-order valence-electron chi connectivity index (χ2n) is 21.3. The molecule has 448 valence electrons. The van der Waals surface area contributed by atoms with Gasteiger partial charge in [0, 0.05) is 19.3 Å². The van der Waals surface area contributed by atoms with Gasteiger partial charge in [-0.05, 0) is 109 Å². The first-order chi connectivity index (χ1) is 39.0. The number of hydrogen-bond acceptors (Lipinski definition) is 6. The van der Waals surface area contributed by atoms with Crippen LogP contribution in [-0.2, 0) is 28.6 Å². The molecule has 0 saturated heterocycles. The molecule has 6 heteroatoms. The third-order valence-electron chi connectivity index (χ3n) is 13.7. The van der Waals surface area contributed by atoms with Gasteiger partial charge < -0.3 is 14.2 Å². The molecule has 0 aliphatic heterocycles. The highest BCUT2D eigenvalue weighted by atomic mass is 16.6. The smallest absolute Gasteiger partial charge is 0.306 e. The first kappa shape index (κ1) is 74.5. The molecule has 0 rings (SSSR count). The first-order valence-electron chi connectivity index (χ1n) is 32.7. The summed E-state index contributed by atoms with van der Waals surface area (Å²) >= 11 is 0. The highest BCUT2D eigenvalue weighted by Gasteiger charge is 2.19. The Balaban J connectivity index is 4.31. The third kappa shape index (κ3) is 64.3. The van der Waals surface area contributed by atoms with Crippen molar-refractivity contribution in [1.82, 2.24) is 0 Å². The maximum atomic E-state index is 12.9. The van der Waals surface area contributed by atoms with E-state index in [-0.39, 0.29) is 37.5 Å². The van der Waals surface area contributed by atoms with Crippen molar-refractivity contribution in [2.24, 2.45) is 0 Å². The molecular weight excluding hydrogens is 973 g/mol. The van der Waals surface area contributed by atoms with Crippen LogP contribution in [0.15, 0.2) is 134 Å². The molecule has 0 aromatic heterocycles. The molecule has 79 heavy (non-hydrogen) atoms. The zero-order valence-electron chi connectivity index (χ0n) is 51.3. The van der Waals surface area contributed by atoms with Crippen LogP contribution in [0, 0.1) is 0 Å². The second-order valence-corrected chi connectivity index (χ2v) is 21.3. The number of ether oxygens (including phenoxy) is 3. The Morgan fingerprint density at radius 1 is 0.266 bits per heavy atom. The van der Waals surface area contributed by atoms with Crippen LogP contribution in [-0.4, -0.2) is 37.2 Å². The van der Waals surface area contributed by atoms with Crippen LogP contribution in [0.1, 0.15) is 290 Å². The van der Waals surface area contributed by atoms with Gasteiger partial charge in [-0.3, -0.25) is 14.4 Å². The predicted molar refractivity (Wildman–Crippen MR) is 343 cm³/mol. The number of carbonyl (C=O) groups is 3. The van der Waals surface area contributed by atoms with Crippen molar-refractivity contribution in [2.75, 3.05) is 13.2 Å². The summed E-state index contributed by atoms with van der Waals surface area (Å²) in [5.41, 5.74) is 0. The molecule has 1 unspecified atom stereocenters. The molecule has 0 bridgehead atoms. The molecule has 0 saturated carbocycles. The van der Waals surface area contributed by atoms with Crippen LogP contribution < -0.4 is 0 Å². The maximum absolute atomic E-state index is 12.9. The van der Waals surface area contributed by atoms with Crippen molar-refractivity contribution < 1.29 is 28.6 Å². The topological polar surface area (TPSA) is 78.9 Å². The van der Waals surface area contributed by atoms with Gasteiger partial charge in [0.25, 0.3) is 0 Å². The van der Waals surface area contributed by atoms with Crippen molar-refractivity contribution in [3.8, 4) is 0 Å². The minimum Gasteiger partial charge on any atom is -0.462 e. The van der Waals surface area contributed by atoms with Gasteiger partial charge in [-0.25, -0.2) is 0 Å². The SMILES string of the molecule is CC/C=C\C/C=C\C/C=C\C/C=C\C/C=C\C/C=C\CCCCCCCCCCCCCCC(=O)OCC(COC(=O)CCCCCCCCCCCCCCC)OC(=O)CCC/C=C\C/C=C\C/C=C\C/C=C\C/C=C\CC. The summed E-state index contributed by atoms with van der Waals surface area (Å²) in [6.07, 6.45) is 93.3. The molecule has 6 nitrogen and oxygen atoms in total. The Bertz CT molecular complexity index is 1680. The molecule has 1 atom stereocenters. The Hall–Kier alpha value is -4.45. The van der Waals surface area contributed by atoms with E-state index in [1.807, 2.05) is 0 Å². The number of allylic oxidation sites excluding steroid dienone is 22. The van der Waals surface area contributed by atoms with Gasteiger partial charge in [0.1, 0.15) is 13.2 Å². The summed E-state index contributed by atoms with van der Waals surface area (Å²) in [4.78, 5) is 38.3. The van der Waals surface area contributed by atoms with E-state index in [1.54, 1.807) is 0 Å². The number of rotatable bonds is 58. The Morgan fingerprint density at radius 2 is 0.506 bits per heavy atom. The number of esters is 3. The van der Waals surface area contributed by atoms with E-state index in [0.717, 1.165) is 116 Å². The van der Waals surface area contributed by atoms with E-state index in [4.69, 9.17) is 14.2 Å². The van der Waals surface area contributed by atoms with E-state index in [1.165, 1.54) is 128 Å². The Labute approximate surface area is 487 Å². The van der Waals surface area contributed by atoms with E-state index >= 15 is 0 Å². The molecule has 0 heterocycles. The van der Waals surface area contributed by atoms with Crippen LogP contribution in [0.4, 0.5) is 0 Å². The molecule has 0 N–H and O–H groups in total. The maximum Gasteiger partial charge on any atom is 0.306 e. The highest BCUT2D eigenvalue weighted by molar-refractivity contribution is 5.71. The first-order valence-corrected chi connectivity index (χ1v) is 32.7. The minimum atomic E-state index is -0.811. The van der Waals surface area contributed by atoms with Crippen LogP contribution in [0.2, 0.25) is 0 Å². The largest absolute Gasteiger partial charge is 0.462 e. The van der Waals surface area contributed by atoms with Gasteiger partial charge in [0.2, 0.25) is 0 Å². The lowest BCUT2D eigenvalue weighted by molar-refractivity contribution is -0.167. The summed E-state index contributed by atoms with van der Waals surface area (Å²) in [7, 11) is 0. The van der Waals surface area contributed by atoms with E-state index in [9.17, 15) is 14.4 Å². The van der Waals surface area contributed by atoms with Gasteiger partial charge in [-0.1, -0.05) is 296 Å². The lowest BCUT2D eigenvalue weighted by Gasteiger charge is -2.18. The van der Waals surface area contributed by atoms with Gasteiger partial charge >= 0.3 is 17.9 Å². The number of carbonyl (C=O) groups excluding carboxylic acids is 3. The van der Waals surface area contributed by atoms with E-state index < -0.39 is 6.10 Å². The average molecular weight is 1090 g/mol. The lowest BCUT2D eigenvalue weighted by Crippen LogP contribution is -2.30. The van der Waals surface area contributed by atoms with Crippen molar-refractivity contribution in [3.63, 3.8) is 0 Å². The van der Waals surface area contributed by atoms with Gasteiger partial charge in [-0.15, -0.1) is 0 Å². The quantitative estimate of drug-likeness (QED) is 0.0261. The molecule has 0 aromatic rings. The summed E-state index contributed by atoms with van der Waals surface area (Å²) in [6.45, 7) is 6.38. The summed E-state index contributed by atoms with van der Waals surface area (Å²) in [5, 5.41) is 0. The second kappa shape index (κ2) is 66.1. The van der Waals surface area contributed by atoms with Crippen LogP contribution in [0.25, 0.3) is 0 Å². The Kier molecular flexibility index (Phi) is 62.3. The zero-order valence-corrected chi connectivity index (χ0v) is 51.3. The van der Waals surface area contributed by atoms with Crippen LogP contribution >= 0.6 is 0 Å².